The molecule has 2 rings (SSSR count). The first-order chi connectivity index (χ1) is 8.88. The summed E-state index contributed by atoms with van der Waals surface area (Å²) in [5, 5.41) is 3.60. The minimum atomic E-state index is 0.606. The lowest BCUT2D eigenvalue weighted by Crippen LogP contribution is -2.21. The lowest BCUT2D eigenvalue weighted by Gasteiger charge is -2.21. The summed E-state index contributed by atoms with van der Waals surface area (Å²) < 4.78 is 0. The Morgan fingerprint density at radius 3 is 2.56 bits per heavy atom. The smallest absolute Gasteiger partial charge is 0.129 e. The highest BCUT2D eigenvalue weighted by molar-refractivity contribution is 5.36. The van der Waals surface area contributed by atoms with Crippen LogP contribution in [0.15, 0.2) is 12.4 Å². The summed E-state index contributed by atoms with van der Waals surface area (Å²) in [6.45, 7) is 2.18. The van der Waals surface area contributed by atoms with Crippen LogP contribution in [0.4, 0.5) is 5.82 Å². The molecule has 1 aromatic heterocycles. The Labute approximate surface area is 110 Å². The highest BCUT2D eigenvalue weighted by Gasteiger charge is 2.11. The fraction of sp³-hybridized carbons (Fsp3) is 0.733. The van der Waals surface area contributed by atoms with Gasteiger partial charge < -0.3 is 5.32 Å². The van der Waals surface area contributed by atoms with Crippen LogP contribution in [-0.4, -0.2) is 16.0 Å². The highest BCUT2D eigenvalue weighted by atomic mass is 15.0. The van der Waals surface area contributed by atoms with Crippen molar-refractivity contribution in [3.8, 4) is 0 Å². The molecule has 0 saturated heterocycles. The van der Waals surface area contributed by atoms with E-state index in [-0.39, 0.29) is 0 Å². The number of aryl methyl sites for hydroxylation is 1. The Kier molecular flexibility index (Phi) is 5.43. The standard InChI is InChI=1S/C15H25N3/c1-2-8-14-11-15(17-12-16-14)18-13-9-6-4-3-5-7-10-13/h11-13H,2-10H2,1H3,(H,16,17,18). The molecule has 0 aliphatic heterocycles. The monoisotopic (exact) mass is 247 g/mol. The van der Waals surface area contributed by atoms with E-state index in [1.807, 2.05) is 0 Å². The Hall–Kier alpha value is -1.12. The lowest BCUT2D eigenvalue weighted by atomic mass is 9.97. The summed E-state index contributed by atoms with van der Waals surface area (Å²) >= 11 is 0. The third-order valence-corrected chi connectivity index (χ3v) is 3.69. The predicted molar refractivity (Wildman–Crippen MR) is 75.8 cm³/mol. The van der Waals surface area contributed by atoms with Crippen molar-refractivity contribution in [3.05, 3.63) is 18.1 Å². The summed E-state index contributed by atoms with van der Waals surface area (Å²) in [4.78, 5) is 8.65. The first-order valence-corrected chi connectivity index (χ1v) is 7.46. The number of nitrogens with one attached hydrogen (secondary N) is 1. The van der Waals surface area contributed by atoms with Gasteiger partial charge in [0.1, 0.15) is 12.1 Å². The van der Waals surface area contributed by atoms with Gasteiger partial charge in [-0.05, 0) is 19.3 Å². The van der Waals surface area contributed by atoms with Crippen molar-refractivity contribution in [2.75, 3.05) is 5.32 Å². The van der Waals surface area contributed by atoms with Crippen molar-refractivity contribution in [3.63, 3.8) is 0 Å². The molecule has 1 N–H and O–H groups in total. The maximum absolute atomic E-state index is 4.35. The summed E-state index contributed by atoms with van der Waals surface area (Å²) in [6, 6.07) is 2.72. The molecule has 1 aliphatic rings. The number of hydrogen-bond donors (Lipinski definition) is 1. The summed E-state index contributed by atoms with van der Waals surface area (Å²) in [6.07, 6.45) is 13.3. The largest absolute Gasteiger partial charge is 0.367 e. The Morgan fingerprint density at radius 1 is 1.11 bits per heavy atom. The van der Waals surface area contributed by atoms with Crippen LogP contribution in [0.2, 0.25) is 0 Å². The molecule has 0 spiro atoms. The van der Waals surface area contributed by atoms with Crippen LogP contribution in [0.3, 0.4) is 0 Å². The average Bonchev–Trinajstić information content (AvgIpc) is 2.33. The summed E-state index contributed by atoms with van der Waals surface area (Å²) in [5.41, 5.74) is 1.15. The SMILES string of the molecule is CCCc1cc(NC2CCCCCCC2)ncn1. The van der Waals surface area contributed by atoms with E-state index in [1.165, 1.54) is 44.9 Å². The molecular weight excluding hydrogens is 222 g/mol. The molecule has 1 aromatic rings. The van der Waals surface area contributed by atoms with Crippen molar-refractivity contribution in [1.29, 1.82) is 0 Å². The van der Waals surface area contributed by atoms with E-state index >= 15 is 0 Å². The van der Waals surface area contributed by atoms with Crippen LogP contribution >= 0.6 is 0 Å². The van der Waals surface area contributed by atoms with Gasteiger partial charge in [0, 0.05) is 17.8 Å². The van der Waals surface area contributed by atoms with E-state index in [0.717, 1.165) is 24.4 Å². The van der Waals surface area contributed by atoms with Crippen molar-refractivity contribution < 1.29 is 0 Å². The van der Waals surface area contributed by atoms with E-state index in [0.29, 0.717) is 6.04 Å². The Balaban J connectivity index is 1.92. The number of rotatable bonds is 4. The fourth-order valence-corrected chi connectivity index (χ4v) is 2.68. The molecule has 0 amide bonds. The summed E-state index contributed by atoms with van der Waals surface area (Å²) in [7, 11) is 0. The van der Waals surface area contributed by atoms with Gasteiger partial charge in [0.2, 0.25) is 0 Å². The molecule has 1 fully saturated rings. The zero-order chi connectivity index (χ0) is 12.6. The Bertz CT molecular complexity index is 343. The quantitative estimate of drug-likeness (QED) is 0.875. The van der Waals surface area contributed by atoms with E-state index < -0.39 is 0 Å². The third kappa shape index (κ3) is 4.28. The topological polar surface area (TPSA) is 37.8 Å². The van der Waals surface area contributed by atoms with E-state index in [1.54, 1.807) is 6.33 Å². The van der Waals surface area contributed by atoms with Crippen molar-refractivity contribution in [1.82, 2.24) is 9.97 Å². The number of aromatic nitrogens is 2. The molecule has 0 bridgehead atoms. The average molecular weight is 247 g/mol. The van der Waals surface area contributed by atoms with Gasteiger partial charge >= 0.3 is 0 Å². The number of nitrogens with zero attached hydrogens (tertiary/aromatic N) is 2. The second kappa shape index (κ2) is 7.34. The molecule has 0 aromatic carbocycles. The van der Waals surface area contributed by atoms with Crippen molar-refractivity contribution in [2.45, 2.75) is 70.8 Å². The first-order valence-electron chi connectivity index (χ1n) is 7.46. The van der Waals surface area contributed by atoms with Gasteiger partial charge in [0.05, 0.1) is 0 Å². The maximum atomic E-state index is 4.35. The van der Waals surface area contributed by atoms with Gasteiger partial charge in [-0.15, -0.1) is 0 Å². The normalized spacial score (nSPS) is 18.1. The van der Waals surface area contributed by atoms with Crippen LogP contribution in [0, 0.1) is 0 Å². The zero-order valence-electron chi connectivity index (χ0n) is 11.5. The van der Waals surface area contributed by atoms with E-state index in [2.05, 4.69) is 28.3 Å². The molecule has 1 saturated carbocycles. The molecular formula is C15H25N3. The van der Waals surface area contributed by atoms with Crippen molar-refractivity contribution >= 4 is 5.82 Å². The van der Waals surface area contributed by atoms with Crippen LogP contribution in [0.5, 0.6) is 0 Å². The zero-order valence-corrected chi connectivity index (χ0v) is 11.5. The second-order valence-corrected chi connectivity index (χ2v) is 5.33. The molecule has 18 heavy (non-hydrogen) atoms. The number of hydrogen-bond acceptors (Lipinski definition) is 3. The molecule has 100 valence electrons. The molecule has 1 aliphatic carbocycles. The number of anilines is 1. The van der Waals surface area contributed by atoms with Gasteiger partial charge in [-0.25, -0.2) is 9.97 Å². The van der Waals surface area contributed by atoms with Crippen LogP contribution in [0.1, 0.15) is 64.0 Å². The second-order valence-electron chi connectivity index (χ2n) is 5.33. The van der Waals surface area contributed by atoms with Gasteiger partial charge in [-0.3, -0.25) is 0 Å². The first kappa shape index (κ1) is 13.3. The lowest BCUT2D eigenvalue weighted by molar-refractivity contribution is 0.470. The predicted octanol–water partition coefficient (Wildman–Crippen LogP) is 3.95. The van der Waals surface area contributed by atoms with Gasteiger partial charge in [-0.2, -0.15) is 0 Å². The van der Waals surface area contributed by atoms with Crippen LogP contribution in [-0.2, 0) is 6.42 Å². The van der Waals surface area contributed by atoms with Crippen LogP contribution < -0.4 is 5.32 Å². The summed E-state index contributed by atoms with van der Waals surface area (Å²) in [5.74, 6) is 1.01. The molecule has 0 atom stereocenters. The fourth-order valence-electron chi connectivity index (χ4n) is 2.68. The third-order valence-electron chi connectivity index (χ3n) is 3.69. The minimum Gasteiger partial charge on any atom is -0.367 e. The molecule has 3 heteroatoms. The van der Waals surface area contributed by atoms with E-state index in [9.17, 15) is 0 Å². The van der Waals surface area contributed by atoms with Gasteiger partial charge in [0.15, 0.2) is 0 Å². The maximum Gasteiger partial charge on any atom is 0.129 e. The van der Waals surface area contributed by atoms with Crippen molar-refractivity contribution in [2.24, 2.45) is 0 Å². The molecule has 0 unspecified atom stereocenters. The van der Waals surface area contributed by atoms with Gasteiger partial charge in [0.25, 0.3) is 0 Å². The minimum absolute atomic E-state index is 0.606. The van der Waals surface area contributed by atoms with Gasteiger partial charge in [-0.1, -0.05) is 45.4 Å². The van der Waals surface area contributed by atoms with E-state index in [4.69, 9.17) is 0 Å². The Morgan fingerprint density at radius 2 is 1.83 bits per heavy atom. The highest BCUT2D eigenvalue weighted by Crippen LogP contribution is 2.20. The molecule has 0 radical (unpaired) electrons. The molecule has 1 heterocycles. The molecule has 3 nitrogen and oxygen atoms in total. The van der Waals surface area contributed by atoms with Crippen LogP contribution in [0.25, 0.3) is 0 Å².